The molecule has 0 spiro atoms. The van der Waals surface area contributed by atoms with E-state index in [1.54, 1.807) is 26.3 Å². The van der Waals surface area contributed by atoms with Crippen molar-refractivity contribution in [3.8, 4) is 0 Å². The number of carboxylic acids is 1. The van der Waals surface area contributed by atoms with Gasteiger partial charge < -0.3 is 20.1 Å². The number of hydrogen-bond acceptors (Lipinski definition) is 3. The molecule has 0 saturated heterocycles. The Morgan fingerprint density at radius 2 is 2.05 bits per heavy atom. The summed E-state index contributed by atoms with van der Waals surface area (Å²) in [5.41, 5.74) is 1.45. The molecule has 0 fully saturated rings. The quantitative estimate of drug-likeness (QED) is 0.798. The SMILES string of the molecule is COCCN(C)C(=O)Nc1ccccc1CCC(=O)O. The Bertz CT molecular complexity index is 462. The van der Waals surface area contributed by atoms with Crippen LogP contribution in [0.25, 0.3) is 0 Å². The Morgan fingerprint density at radius 1 is 1.35 bits per heavy atom. The number of carbonyl (C=O) groups excluding carboxylic acids is 1. The summed E-state index contributed by atoms with van der Waals surface area (Å²) in [5, 5.41) is 11.5. The summed E-state index contributed by atoms with van der Waals surface area (Å²) in [5.74, 6) is -0.858. The fourth-order valence-electron chi connectivity index (χ4n) is 1.64. The molecule has 1 aromatic rings. The number of carboxylic acid groups (broad SMARTS) is 1. The zero-order chi connectivity index (χ0) is 15.0. The van der Waals surface area contributed by atoms with Crippen LogP contribution in [0.1, 0.15) is 12.0 Å². The van der Waals surface area contributed by atoms with E-state index in [0.29, 0.717) is 25.3 Å². The molecule has 0 unspecified atom stereocenters. The molecular weight excluding hydrogens is 260 g/mol. The first-order chi connectivity index (χ1) is 9.54. The predicted octanol–water partition coefficient (Wildman–Crippen LogP) is 1.81. The van der Waals surface area contributed by atoms with Crippen molar-refractivity contribution in [1.29, 1.82) is 0 Å². The summed E-state index contributed by atoms with van der Waals surface area (Å²) in [6.07, 6.45) is 0.417. The first-order valence-corrected chi connectivity index (χ1v) is 6.35. The molecule has 6 heteroatoms. The number of hydrogen-bond donors (Lipinski definition) is 2. The van der Waals surface area contributed by atoms with E-state index in [2.05, 4.69) is 5.32 Å². The normalized spacial score (nSPS) is 10.1. The molecule has 1 aromatic carbocycles. The van der Waals surface area contributed by atoms with Gasteiger partial charge in [0.05, 0.1) is 6.61 Å². The van der Waals surface area contributed by atoms with Gasteiger partial charge in [-0.25, -0.2) is 4.79 Å². The number of nitrogens with one attached hydrogen (secondary N) is 1. The lowest BCUT2D eigenvalue weighted by atomic mass is 10.1. The number of rotatable bonds is 7. The zero-order valence-corrected chi connectivity index (χ0v) is 11.8. The average Bonchev–Trinajstić information content (AvgIpc) is 2.43. The van der Waals surface area contributed by atoms with Gasteiger partial charge in [-0.05, 0) is 18.1 Å². The Kier molecular flexibility index (Phi) is 6.52. The van der Waals surface area contributed by atoms with E-state index in [4.69, 9.17) is 9.84 Å². The topological polar surface area (TPSA) is 78.9 Å². The number of nitrogens with zero attached hydrogens (tertiary/aromatic N) is 1. The van der Waals surface area contributed by atoms with Crippen molar-refractivity contribution in [2.24, 2.45) is 0 Å². The summed E-state index contributed by atoms with van der Waals surface area (Å²) in [7, 11) is 3.25. The monoisotopic (exact) mass is 280 g/mol. The number of carbonyl (C=O) groups is 2. The number of para-hydroxylation sites is 1. The largest absolute Gasteiger partial charge is 0.481 e. The number of methoxy groups -OCH3 is 1. The van der Waals surface area contributed by atoms with E-state index in [0.717, 1.165) is 5.56 Å². The molecule has 0 aliphatic heterocycles. The van der Waals surface area contributed by atoms with Gasteiger partial charge in [-0.2, -0.15) is 0 Å². The highest BCUT2D eigenvalue weighted by atomic mass is 16.5. The minimum absolute atomic E-state index is 0.0341. The molecule has 2 amide bonds. The van der Waals surface area contributed by atoms with Gasteiger partial charge >= 0.3 is 12.0 Å². The van der Waals surface area contributed by atoms with Crippen molar-refractivity contribution >= 4 is 17.7 Å². The van der Waals surface area contributed by atoms with Crippen LogP contribution in [-0.2, 0) is 16.0 Å². The molecule has 0 radical (unpaired) electrons. The maximum atomic E-state index is 12.0. The minimum atomic E-state index is -0.858. The Balaban J connectivity index is 2.66. The smallest absolute Gasteiger partial charge is 0.321 e. The van der Waals surface area contributed by atoms with Crippen molar-refractivity contribution in [3.63, 3.8) is 0 Å². The van der Waals surface area contributed by atoms with Gasteiger partial charge in [0.2, 0.25) is 0 Å². The van der Waals surface area contributed by atoms with Crippen LogP contribution in [0.3, 0.4) is 0 Å². The number of anilines is 1. The van der Waals surface area contributed by atoms with E-state index < -0.39 is 5.97 Å². The summed E-state index contributed by atoms with van der Waals surface area (Å²) in [4.78, 5) is 24.1. The molecule has 20 heavy (non-hydrogen) atoms. The molecule has 0 aromatic heterocycles. The standard InChI is InChI=1S/C14H20N2O4/c1-16(9-10-20-2)14(19)15-12-6-4-3-5-11(12)7-8-13(17)18/h3-6H,7-10H2,1-2H3,(H,15,19)(H,17,18). The maximum Gasteiger partial charge on any atom is 0.321 e. The van der Waals surface area contributed by atoms with E-state index in [1.165, 1.54) is 4.90 Å². The lowest BCUT2D eigenvalue weighted by Gasteiger charge is -2.18. The number of ether oxygens (including phenoxy) is 1. The molecule has 0 saturated carbocycles. The molecule has 0 aliphatic carbocycles. The zero-order valence-electron chi connectivity index (χ0n) is 11.8. The molecule has 0 bridgehead atoms. The summed E-state index contributed by atoms with van der Waals surface area (Å²) in [6.45, 7) is 0.949. The summed E-state index contributed by atoms with van der Waals surface area (Å²) in [6, 6.07) is 6.95. The second kappa shape index (κ2) is 8.16. The molecule has 6 nitrogen and oxygen atoms in total. The van der Waals surface area contributed by atoms with Crippen molar-refractivity contribution in [2.75, 3.05) is 32.6 Å². The van der Waals surface area contributed by atoms with Gasteiger partial charge in [-0.15, -0.1) is 0 Å². The lowest BCUT2D eigenvalue weighted by Crippen LogP contribution is -2.34. The average molecular weight is 280 g/mol. The van der Waals surface area contributed by atoms with Gasteiger partial charge in [0.1, 0.15) is 0 Å². The van der Waals surface area contributed by atoms with Crippen LogP contribution in [0, 0.1) is 0 Å². The fourth-order valence-corrected chi connectivity index (χ4v) is 1.64. The molecule has 1 rings (SSSR count). The van der Waals surface area contributed by atoms with E-state index in [9.17, 15) is 9.59 Å². The molecule has 110 valence electrons. The highest BCUT2D eigenvalue weighted by Gasteiger charge is 2.11. The van der Waals surface area contributed by atoms with Crippen molar-refractivity contribution in [2.45, 2.75) is 12.8 Å². The Labute approximate surface area is 118 Å². The highest BCUT2D eigenvalue weighted by molar-refractivity contribution is 5.90. The number of aliphatic carboxylic acids is 1. The second-order valence-corrected chi connectivity index (χ2v) is 4.40. The Morgan fingerprint density at radius 3 is 2.70 bits per heavy atom. The van der Waals surface area contributed by atoms with Crippen molar-refractivity contribution in [1.82, 2.24) is 4.90 Å². The summed E-state index contributed by atoms with van der Waals surface area (Å²) >= 11 is 0. The Hall–Kier alpha value is -2.08. The number of urea groups is 1. The van der Waals surface area contributed by atoms with Gasteiger partial charge in [-0.3, -0.25) is 4.79 Å². The second-order valence-electron chi connectivity index (χ2n) is 4.40. The molecule has 0 atom stereocenters. The van der Waals surface area contributed by atoms with Gasteiger partial charge in [0.15, 0.2) is 0 Å². The van der Waals surface area contributed by atoms with Gasteiger partial charge in [-0.1, -0.05) is 18.2 Å². The fraction of sp³-hybridized carbons (Fsp3) is 0.429. The van der Waals surface area contributed by atoms with Crippen LogP contribution in [0.4, 0.5) is 10.5 Å². The number of amides is 2. The molecule has 0 heterocycles. The van der Waals surface area contributed by atoms with E-state index in [1.807, 2.05) is 12.1 Å². The minimum Gasteiger partial charge on any atom is -0.481 e. The van der Waals surface area contributed by atoms with Crippen molar-refractivity contribution < 1.29 is 19.4 Å². The third-order valence-corrected chi connectivity index (χ3v) is 2.84. The predicted molar refractivity (Wildman–Crippen MR) is 75.9 cm³/mol. The first-order valence-electron chi connectivity index (χ1n) is 6.35. The lowest BCUT2D eigenvalue weighted by molar-refractivity contribution is -0.136. The molecule has 2 N–H and O–H groups in total. The molecular formula is C14H20N2O4. The highest BCUT2D eigenvalue weighted by Crippen LogP contribution is 2.17. The number of aryl methyl sites for hydroxylation is 1. The maximum absolute atomic E-state index is 12.0. The third-order valence-electron chi connectivity index (χ3n) is 2.84. The van der Waals surface area contributed by atoms with Crippen LogP contribution in [0.15, 0.2) is 24.3 Å². The van der Waals surface area contributed by atoms with Crippen LogP contribution in [-0.4, -0.2) is 49.3 Å². The van der Waals surface area contributed by atoms with Gasteiger partial charge in [0, 0.05) is 32.8 Å². The van der Waals surface area contributed by atoms with Crippen molar-refractivity contribution in [3.05, 3.63) is 29.8 Å². The summed E-state index contributed by atoms with van der Waals surface area (Å²) < 4.78 is 4.91. The first kappa shape index (κ1) is 16.0. The number of benzene rings is 1. The third kappa shape index (κ3) is 5.27. The van der Waals surface area contributed by atoms with E-state index in [-0.39, 0.29) is 12.5 Å². The number of likely N-dealkylation sites (N-methyl/N-ethyl adjacent to an activating group) is 1. The van der Waals surface area contributed by atoms with E-state index >= 15 is 0 Å². The van der Waals surface area contributed by atoms with Crippen LogP contribution < -0.4 is 5.32 Å². The molecule has 0 aliphatic rings. The van der Waals surface area contributed by atoms with Crippen LogP contribution in [0.2, 0.25) is 0 Å². The van der Waals surface area contributed by atoms with Gasteiger partial charge in [0.25, 0.3) is 0 Å². The van der Waals surface area contributed by atoms with Crippen LogP contribution in [0.5, 0.6) is 0 Å². The van der Waals surface area contributed by atoms with Crippen LogP contribution >= 0.6 is 0 Å².